The number of para-hydroxylation sites is 1. The number of amides is 3. The van der Waals surface area contributed by atoms with E-state index in [9.17, 15) is 14.4 Å². The second-order valence-electron chi connectivity index (χ2n) is 9.45. The van der Waals surface area contributed by atoms with E-state index in [-0.39, 0.29) is 30.2 Å². The van der Waals surface area contributed by atoms with Crippen LogP contribution in [0.1, 0.15) is 58.3 Å². The van der Waals surface area contributed by atoms with E-state index in [4.69, 9.17) is 0 Å². The molecule has 2 aliphatic heterocycles. The summed E-state index contributed by atoms with van der Waals surface area (Å²) in [6.45, 7) is 4.30. The van der Waals surface area contributed by atoms with Crippen molar-refractivity contribution >= 4 is 23.4 Å². The number of likely N-dealkylation sites (tertiary alicyclic amines) is 1. The van der Waals surface area contributed by atoms with Crippen LogP contribution in [0.2, 0.25) is 0 Å². The zero-order valence-electron chi connectivity index (χ0n) is 19.2. The molecule has 1 aromatic carbocycles. The molecule has 32 heavy (non-hydrogen) atoms. The third-order valence-corrected chi connectivity index (χ3v) is 7.35. The minimum absolute atomic E-state index is 0.0118. The van der Waals surface area contributed by atoms with E-state index in [1.807, 2.05) is 42.2 Å². The Hall–Kier alpha value is -2.57. The van der Waals surface area contributed by atoms with Crippen LogP contribution in [0.5, 0.6) is 0 Å². The van der Waals surface area contributed by atoms with Gasteiger partial charge < -0.3 is 20.0 Å². The first-order chi connectivity index (χ1) is 15.5. The molecule has 0 aromatic heterocycles. The van der Waals surface area contributed by atoms with Crippen LogP contribution in [0.15, 0.2) is 30.3 Å². The third-order valence-electron chi connectivity index (χ3n) is 7.35. The van der Waals surface area contributed by atoms with Crippen LogP contribution in [0.25, 0.3) is 0 Å². The average molecular weight is 441 g/mol. The highest BCUT2D eigenvalue weighted by Gasteiger charge is 2.54. The first-order valence-electron chi connectivity index (χ1n) is 12.2. The first-order valence-corrected chi connectivity index (χ1v) is 12.2. The minimum atomic E-state index is -0.685. The molecule has 7 heteroatoms. The summed E-state index contributed by atoms with van der Waals surface area (Å²) < 4.78 is 0. The van der Waals surface area contributed by atoms with Gasteiger partial charge in [0, 0.05) is 31.2 Å². The SMILES string of the molecule is CCCNC(=O)CN1CN(c2ccccc2)C2(CCN(C(=O)C3CCCCC3)CC2)C1=O. The topological polar surface area (TPSA) is 73.0 Å². The number of piperidine rings is 1. The van der Waals surface area contributed by atoms with Crippen LogP contribution in [0.3, 0.4) is 0 Å². The van der Waals surface area contributed by atoms with Crippen molar-refractivity contribution in [1.82, 2.24) is 15.1 Å². The van der Waals surface area contributed by atoms with E-state index in [2.05, 4.69) is 10.2 Å². The zero-order valence-corrected chi connectivity index (χ0v) is 19.2. The Morgan fingerprint density at radius 3 is 2.41 bits per heavy atom. The van der Waals surface area contributed by atoms with Crippen molar-refractivity contribution in [1.29, 1.82) is 0 Å². The number of nitrogens with one attached hydrogen (secondary N) is 1. The highest BCUT2D eigenvalue weighted by Crippen LogP contribution is 2.40. The van der Waals surface area contributed by atoms with Crippen molar-refractivity contribution in [3.63, 3.8) is 0 Å². The molecule has 0 atom stereocenters. The Kier molecular flexibility index (Phi) is 7.01. The maximum Gasteiger partial charge on any atom is 0.250 e. The summed E-state index contributed by atoms with van der Waals surface area (Å²) in [6, 6.07) is 9.97. The van der Waals surface area contributed by atoms with E-state index < -0.39 is 5.54 Å². The van der Waals surface area contributed by atoms with Crippen LogP contribution in [-0.2, 0) is 14.4 Å². The molecule has 4 rings (SSSR count). The van der Waals surface area contributed by atoms with Gasteiger partial charge in [-0.05, 0) is 44.2 Å². The Morgan fingerprint density at radius 1 is 1.06 bits per heavy atom. The molecule has 3 fully saturated rings. The smallest absolute Gasteiger partial charge is 0.250 e. The molecule has 0 bridgehead atoms. The number of nitrogens with zero attached hydrogens (tertiary/aromatic N) is 3. The lowest BCUT2D eigenvalue weighted by Gasteiger charge is -2.44. The standard InChI is InChI=1S/C25H36N4O3/c1-2-15-26-22(30)18-28-19-29(21-11-7-4-8-12-21)25(24(28)32)13-16-27(17-14-25)23(31)20-9-5-3-6-10-20/h4,7-8,11-12,20H,2-3,5-6,9-10,13-19H2,1H3,(H,26,30). The van der Waals surface area contributed by atoms with Gasteiger partial charge in [0.15, 0.2) is 0 Å². The van der Waals surface area contributed by atoms with E-state index in [1.54, 1.807) is 4.90 Å². The normalized spacial score (nSPS) is 21.3. The van der Waals surface area contributed by atoms with Crippen LogP contribution >= 0.6 is 0 Å². The largest absolute Gasteiger partial charge is 0.355 e. The second-order valence-corrected chi connectivity index (χ2v) is 9.45. The van der Waals surface area contributed by atoms with E-state index in [0.29, 0.717) is 39.1 Å². The van der Waals surface area contributed by atoms with E-state index in [0.717, 1.165) is 37.8 Å². The molecule has 174 valence electrons. The van der Waals surface area contributed by atoms with Crippen molar-refractivity contribution in [2.24, 2.45) is 5.92 Å². The van der Waals surface area contributed by atoms with Crippen molar-refractivity contribution in [2.75, 3.05) is 37.7 Å². The third kappa shape index (κ3) is 4.48. The summed E-state index contributed by atoms with van der Waals surface area (Å²) in [5.74, 6) is 0.320. The molecule has 2 saturated heterocycles. The monoisotopic (exact) mass is 440 g/mol. The van der Waals surface area contributed by atoms with Crippen molar-refractivity contribution in [2.45, 2.75) is 63.8 Å². The summed E-state index contributed by atoms with van der Waals surface area (Å²) in [6.07, 6.45) is 7.58. The maximum absolute atomic E-state index is 13.7. The molecule has 0 radical (unpaired) electrons. The molecule has 3 amide bonds. The molecular weight excluding hydrogens is 404 g/mol. The molecule has 7 nitrogen and oxygen atoms in total. The number of carbonyl (C=O) groups excluding carboxylic acids is 3. The zero-order chi connectivity index (χ0) is 22.6. The number of rotatable bonds is 6. The molecule has 0 unspecified atom stereocenters. The number of anilines is 1. The van der Waals surface area contributed by atoms with E-state index in [1.165, 1.54) is 6.42 Å². The first kappa shape index (κ1) is 22.6. The fourth-order valence-corrected chi connectivity index (χ4v) is 5.52. The van der Waals surface area contributed by atoms with Crippen molar-refractivity contribution < 1.29 is 14.4 Å². The predicted octanol–water partition coefficient (Wildman–Crippen LogP) is 2.76. The van der Waals surface area contributed by atoms with Gasteiger partial charge in [-0.3, -0.25) is 14.4 Å². The lowest BCUT2D eigenvalue weighted by atomic mass is 9.83. The lowest BCUT2D eigenvalue weighted by Crippen LogP contribution is -2.58. The molecule has 1 saturated carbocycles. The number of hydrogen-bond acceptors (Lipinski definition) is 4. The number of carbonyl (C=O) groups is 3. The number of benzene rings is 1. The van der Waals surface area contributed by atoms with Crippen LogP contribution < -0.4 is 10.2 Å². The summed E-state index contributed by atoms with van der Waals surface area (Å²) in [4.78, 5) is 44.9. The van der Waals surface area contributed by atoms with Crippen LogP contribution in [0.4, 0.5) is 5.69 Å². The van der Waals surface area contributed by atoms with Gasteiger partial charge in [0.2, 0.25) is 11.8 Å². The molecule has 2 heterocycles. The van der Waals surface area contributed by atoms with E-state index >= 15 is 0 Å². The fraction of sp³-hybridized carbons (Fsp3) is 0.640. The summed E-state index contributed by atoms with van der Waals surface area (Å²) in [5, 5.41) is 2.88. The number of hydrogen-bond donors (Lipinski definition) is 1. The van der Waals surface area contributed by atoms with Gasteiger partial charge in [-0.2, -0.15) is 0 Å². The maximum atomic E-state index is 13.7. The Labute approximate surface area is 191 Å². The van der Waals surface area contributed by atoms with Gasteiger partial charge >= 0.3 is 0 Å². The average Bonchev–Trinajstić information content (AvgIpc) is 3.10. The minimum Gasteiger partial charge on any atom is -0.355 e. The molecule has 1 aliphatic carbocycles. The Morgan fingerprint density at radius 2 is 1.75 bits per heavy atom. The van der Waals surface area contributed by atoms with Gasteiger partial charge in [-0.25, -0.2) is 0 Å². The lowest BCUT2D eigenvalue weighted by molar-refractivity contribution is -0.142. The summed E-state index contributed by atoms with van der Waals surface area (Å²) >= 11 is 0. The molecule has 1 aromatic rings. The van der Waals surface area contributed by atoms with Crippen molar-refractivity contribution in [3.05, 3.63) is 30.3 Å². The highest BCUT2D eigenvalue weighted by atomic mass is 16.2. The highest BCUT2D eigenvalue weighted by molar-refractivity contribution is 5.96. The molecular formula is C25H36N4O3. The van der Waals surface area contributed by atoms with Crippen LogP contribution in [-0.4, -0.2) is 65.9 Å². The van der Waals surface area contributed by atoms with Crippen LogP contribution in [0, 0.1) is 5.92 Å². The van der Waals surface area contributed by atoms with Gasteiger partial charge in [-0.1, -0.05) is 44.4 Å². The Bertz CT molecular complexity index is 814. The fourth-order valence-electron chi connectivity index (χ4n) is 5.52. The quantitative estimate of drug-likeness (QED) is 0.738. The van der Waals surface area contributed by atoms with Gasteiger partial charge in [-0.15, -0.1) is 0 Å². The van der Waals surface area contributed by atoms with Crippen molar-refractivity contribution in [3.8, 4) is 0 Å². The second kappa shape index (κ2) is 9.92. The summed E-state index contributed by atoms with van der Waals surface area (Å²) in [5.41, 5.74) is 0.305. The summed E-state index contributed by atoms with van der Waals surface area (Å²) in [7, 11) is 0. The van der Waals surface area contributed by atoms with Gasteiger partial charge in [0.1, 0.15) is 12.1 Å². The molecule has 3 aliphatic rings. The van der Waals surface area contributed by atoms with Gasteiger partial charge in [0.05, 0.1) is 6.67 Å². The molecule has 1 N–H and O–H groups in total. The molecule has 1 spiro atoms. The van der Waals surface area contributed by atoms with Gasteiger partial charge in [0.25, 0.3) is 5.91 Å². The Balaban J connectivity index is 1.50. The predicted molar refractivity (Wildman–Crippen MR) is 124 cm³/mol.